The van der Waals surface area contributed by atoms with E-state index in [9.17, 15) is 14.7 Å². The van der Waals surface area contributed by atoms with Crippen LogP contribution in [-0.4, -0.2) is 49.4 Å². The fourth-order valence-electron chi connectivity index (χ4n) is 4.18. The third-order valence-corrected chi connectivity index (χ3v) is 5.26. The van der Waals surface area contributed by atoms with E-state index in [-0.39, 0.29) is 23.4 Å². The van der Waals surface area contributed by atoms with Crippen molar-refractivity contribution in [1.82, 2.24) is 19.8 Å². The zero-order chi connectivity index (χ0) is 17.6. The molecule has 1 amide bonds. The molecule has 0 radical (unpaired) electrons. The molecular formula is C17H20N4O4. The van der Waals surface area contributed by atoms with Gasteiger partial charge in [0.1, 0.15) is 12.6 Å². The highest BCUT2D eigenvalue weighted by molar-refractivity contribution is 5.95. The second-order valence-electron chi connectivity index (χ2n) is 6.99. The van der Waals surface area contributed by atoms with Crippen LogP contribution >= 0.6 is 0 Å². The Morgan fingerprint density at radius 3 is 2.96 bits per heavy atom. The first-order valence-corrected chi connectivity index (χ1v) is 8.51. The van der Waals surface area contributed by atoms with Crippen molar-refractivity contribution in [2.75, 3.05) is 6.54 Å². The van der Waals surface area contributed by atoms with Gasteiger partial charge in [0.25, 0.3) is 5.91 Å². The molecule has 132 valence electrons. The Kier molecular flexibility index (Phi) is 3.82. The maximum absolute atomic E-state index is 12.8. The van der Waals surface area contributed by atoms with E-state index < -0.39 is 12.0 Å². The van der Waals surface area contributed by atoms with Gasteiger partial charge in [-0.15, -0.1) is 0 Å². The van der Waals surface area contributed by atoms with Gasteiger partial charge in [-0.05, 0) is 37.2 Å². The molecule has 2 aliphatic rings. The fourth-order valence-corrected chi connectivity index (χ4v) is 4.18. The molecule has 3 atom stereocenters. The molecule has 4 rings (SSSR count). The monoisotopic (exact) mass is 344 g/mol. The summed E-state index contributed by atoms with van der Waals surface area (Å²) in [6, 6.07) is 0.820. The second-order valence-corrected chi connectivity index (χ2v) is 6.99. The van der Waals surface area contributed by atoms with E-state index in [1.165, 1.54) is 4.90 Å². The van der Waals surface area contributed by atoms with E-state index >= 15 is 0 Å². The summed E-state index contributed by atoms with van der Waals surface area (Å²) < 4.78 is 6.94. The first-order valence-electron chi connectivity index (χ1n) is 8.51. The molecule has 25 heavy (non-hydrogen) atoms. The molecule has 1 saturated heterocycles. The topological polar surface area (TPSA) is 101 Å². The van der Waals surface area contributed by atoms with Gasteiger partial charge in [0, 0.05) is 18.8 Å². The van der Waals surface area contributed by atoms with Crippen molar-refractivity contribution in [3.8, 4) is 0 Å². The number of nitrogens with zero attached hydrogens (tertiary/aromatic N) is 4. The van der Waals surface area contributed by atoms with Crippen molar-refractivity contribution in [3.05, 3.63) is 35.5 Å². The normalized spacial score (nSPS) is 25.3. The zero-order valence-electron chi connectivity index (χ0n) is 14.0. The molecule has 2 fully saturated rings. The van der Waals surface area contributed by atoms with Crippen LogP contribution in [0.4, 0.5) is 0 Å². The molecule has 2 aromatic heterocycles. The number of hydrogen-bond acceptors (Lipinski definition) is 5. The van der Waals surface area contributed by atoms with Crippen LogP contribution < -0.4 is 0 Å². The van der Waals surface area contributed by atoms with Crippen LogP contribution in [0.15, 0.2) is 23.0 Å². The predicted octanol–water partition coefficient (Wildman–Crippen LogP) is 1.55. The third-order valence-electron chi connectivity index (χ3n) is 5.26. The van der Waals surface area contributed by atoms with Crippen molar-refractivity contribution in [2.24, 2.45) is 11.8 Å². The molecular weight excluding hydrogens is 324 g/mol. The van der Waals surface area contributed by atoms with Gasteiger partial charge in [0.05, 0.1) is 6.20 Å². The Balaban J connectivity index is 1.52. The lowest BCUT2D eigenvalue weighted by Crippen LogP contribution is -2.43. The smallest absolute Gasteiger partial charge is 0.326 e. The number of aryl methyl sites for hydroxylation is 1. The van der Waals surface area contributed by atoms with Crippen molar-refractivity contribution in [3.63, 3.8) is 0 Å². The van der Waals surface area contributed by atoms with Crippen molar-refractivity contribution >= 4 is 11.9 Å². The van der Waals surface area contributed by atoms with E-state index in [1.54, 1.807) is 16.9 Å². The highest BCUT2D eigenvalue weighted by Gasteiger charge is 2.50. The summed E-state index contributed by atoms with van der Waals surface area (Å²) >= 11 is 0. The Bertz CT molecular complexity index is 811. The van der Waals surface area contributed by atoms with E-state index in [0.29, 0.717) is 18.8 Å². The van der Waals surface area contributed by atoms with Gasteiger partial charge >= 0.3 is 5.97 Å². The maximum atomic E-state index is 12.8. The maximum Gasteiger partial charge on any atom is 0.326 e. The molecule has 1 aliphatic carbocycles. The number of fused-ring (bicyclic) bond motifs is 1. The number of carbonyl (C=O) groups is 2. The second kappa shape index (κ2) is 6.02. The number of aliphatic carboxylic acids is 1. The summed E-state index contributed by atoms with van der Waals surface area (Å²) in [4.78, 5) is 25.9. The predicted molar refractivity (Wildman–Crippen MR) is 85.9 cm³/mol. The molecule has 0 bridgehead atoms. The Morgan fingerprint density at radius 1 is 1.40 bits per heavy atom. The van der Waals surface area contributed by atoms with E-state index in [2.05, 4.69) is 10.3 Å². The summed E-state index contributed by atoms with van der Waals surface area (Å²) in [5.41, 5.74) is 1.19. The minimum Gasteiger partial charge on any atom is -0.480 e. The number of carboxylic acids is 1. The number of carbonyl (C=O) groups excluding carboxylic acids is 1. The lowest BCUT2D eigenvalue weighted by Gasteiger charge is -2.23. The Morgan fingerprint density at radius 2 is 2.24 bits per heavy atom. The third kappa shape index (κ3) is 2.81. The SMILES string of the molecule is Cc1cnn(Cc2cc(C(=O)N3CC4CCCC4C3C(=O)O)no2)c1. The van der Waals surface area contributed by atoms with Crippen LogP contribution in [0.3, 0.4) is 0 Å². The van der Waals surface area contributed by atoms with Gasteiger partial charge in [-0.2, -0.15) is 5.10 Å². The van der Waals surface area contributed by atoms with E-state index in [0.717, 1.165) is 24.8 Å². The van der Waals surface area contributed by atoms with Crippen LogP contribution in [0, 0.1) is 18.8 Å². The standard InChI is InChI=1S/C17H20N4O4/c1-10-6-18-20(7-10)9-12-5-14(19-25-12)16(22)21-8-11-3-2-4-13(11)15(21)17(23)24/h5-7,11,13,15H,2-4,8-9H2,1H3,(H,23,24). The van der Waals surface area contributed by atoms with E-state index in [1.807, 2.05) is 13.1 Å². The van der Waals surface area contributed by atoms with Crippen LogP contribution in [0.1, 0.15) is 41.1 Å². The number of hydrogen-bond donors (Lipinski definition) is 1. The Labute approximate surface area is 144 Å². The lowest BCUT2D eigenvalue weighted by molar-refractivity contribution is -0.142. The van der Waals surface area contributed by atoms with Crippen molar-refractivity contribution < 1.29 is 19.2 Å². The van der Waals surface area contributed by atoms with E-state index in [4.69, 9.17) is 4.52 Å². The molecule has 1 aliphatic heterocycles. The summed E-state index contributed by atoms with van der Waals surface area (Å²) in [6.07, 6.45) is 6.50. The van der Waals surface area contributed by atoms with Gasteiger partial charge < -0.3 is 14.5 Å². The van der Waals surface area contributed by atoms with Crippen LogP contribution in [-0.2, 0) is 11.3 Å². The highest BCUT2D eigenvalue weighted by Crippen LogP contribution is 2.42. The van der Waals surface area contributed by atoms with Gasteiger partial charge in [0.2, 0.25) is 0 Å². The van der Waals surface area contributed by atoms with Crippen molar-refractivity contribution in [2.45, 2.75) is 38.8 Å². The average Bonchev–Trinajstić information content (AvgIpc) is 3.30. The minimum absolute atomic E-state index is 0.0554. The molecule has 0 aromatic carbocycles. The summed E-state index contributed by atoms with van der Waals surface area (Å²) in [5.74, 6) is -0.451. The molecule has 8 heteroatoms. The molecule has 3 unspecified atom stereocenters. The molecule has 2 aromatic rings. The van der Waals surface area contributed by atoms with Gasteiger partial charge in [-0.25, -0.2) is 4.79 Å². The number of rotatable bonds is 4. The average molecular weight is 344 g/mol. The number of aromatic nitrogens is 3. The first-order chi connectivity index (χ1) is 12.0. The minimum atomic E-state index is -0.932. The first kappa shape index (κ1) is 15.9. The van der Waals surface area contributed by atoms with Gasteiger partial charge in [-0.3, -0.25) is 9.48 Å². The largest absolute Gasteiger partial charge is 0.480 e. The number of likely N-dealkylation sites (tertiary alicyclic amines) is 1. The molecule has 8 nitrogen and oxygen atoms in total. The molecule has 0 spiro atoms. The summed E-state index contributed by atoms with van der Waals surface area (Å²) in [7, 11) is 0. The van der Waals surface area contributed by atoms with Crippen LogP contribution in [0.2, 0.25) is 0 Å². The van der Waals surface area contributed by atoms with Crippen LogP contribution in [0.25, 0.3) is 0 Å². The molecule has 1 N–H and O–H groups in total. The number of amides is 1. The fraction of sp³-hybridized carbons (Fsp3) is 0.529. The molecule has 1 saturated carbocycles. The Hall–Kier alpha value is -2.64. The summed E-state index contributed by atoms with van der Waals surface area (Å²) in [6.45, 7) is 2.80. The van der Waals surface area contributed by atoms with Gasteiger partial charge in [0.15, 0.2) is 11.5 Å². The quantitative estimate of drug-likeness (QED) is 0.903. The number of carboxylic acid groups (broad SMARTS) is 1. The van der Waals surface area contributed by atoms with Crippen molar-refractivity contribution in [1.29, 1.82) is 0 Å². The lowest BCUT2D eigenvalue weighted by atomic mass is 9.94. The molecule has 3 heterocycles. The van der Waals surface area contributed by atoms with Gasteiger partial charge in [-0.1, -0.05) is 11.6 Å². The van der Waals surface area contributed by atoms with Crippen LogP contribution in [0.5, 0.6) is 0 Å². The highest BCUT2D eigenvalue weighted by atomic mass is 16.5. The summed E-state index contributed by atoms with van der Waals surface area (Å²) in [5, 5.41) is 17.6. The zero-order valence-corrected chi connectivity index (χ0v) is 14.0.